The van der Waals surface area contributed by atoms with Crippen molar-refractivity contribution in [1.29, 1.82) is 0 Å². The van der Waals surface area contributed by atoms with Crippen LogP contribution in [0.5, 0.6) is 0 Å². The number of hydrogen-bond donors (Lipinski definition) is 1. The van der Waals surface area contributed by atoms with Crippen LogP contribution < -0.4 is 0 Å². The summed E-state index contributed by atoms with van der Waals surface area (Å²) in [4.78, 5) is 0. The second kappa shape index (κ2) is 3.91. The van der Waals surface area contributed by atoms with E-state index in [2.05, 4.69) is 0 Å². The molecule has 1 N–H and O–H groups in total. The Morgan fingerprint density at radius 1 is 1.00 bits per heavy atom. The number of hydrogen-bond acceptors (Lipinski definition) is 3. The quantitative estimate of drug-likeness (QED) is 0.787. The van der Waals surface area contributed by atoms with Crippen molar-refractivity contribution in [2.45, 2.75) is 37.7 Å². The second-order valence-electron chi connectivity index (χ2n) is 5.61. The molecule has 0 atom stereocenters. The molecular weight excluding hydrogens is 240 g/mol. The van der Waals surface area contributed by atoms with Crippen LogP contribution in [0.2, 0.25) is 0 Å². The van der Waals surface area contributed by atoms with Gasteiger partial charge in [-0.1, -0.05) is 6.42 Å². The van der Waals surface area contributed by atoms with Gasteiger partial charge in [0, 0.05) is 26.2 Å². The highest BCUT2D eigenvalue weighted by atomic mass is 32.2. The topological polar surface area (TPSA) is 60.9 Å². The molecule has 2 heterocycles. The molecular formula is C11H20N2O3S. The molecule has 0 aromatic rings. The third kappa shape index (κ3) is 2.01. The summed E-state index contributed by atoms with van der Waals surface area (Å²) in [6, 6.07) is 0. The zero-order valence-corrected chi connectivity index (χ0v) is 10.8. The average Bonchev–Trinajstić information content (AvgIpc) is 3.10. The Bertz CT molecular complexity index is 393. The van der Waals surface area contributed by atoms with Gasteiger partial charge in [0.1, 0.15) is 0 Å². The Balaban J connectivity index is 1.64. The predicted molar refractivity (Wildman–Crippen MR) is 63.6 cm³/mol. The van der Waals surface area contributed by atoms with Crippen molar-refractivity contribution >= 4 is 10.2 Å². The van der Waals surface area contributed by atoms with E-state index < -0.39 is 15.8 Å². The Hall–Kier alpha value is -0.170. The van der Waals surface area contributed by atoms with Crippen molar-refractivity contribution in [1.82, 2.24) is 8.61 Å². The molecule has 0 unspecified atom stereocenters. The number of piperidine rings is 1. The van der Waals surface area contributed by atoms with Crippen LogP contribution in [0.4, 0.5) is 0 Å². The maximum Gasteiger partial charge on any atom is 0.282 e. The fourth-order valence-electron chi connectivity index (χ4n) is 2.87. The second-order valence-corrected chi connectivity index (χ2v) is 7.54. The first-order chi connectivity index (χ1) is 8.02. The fourth-order valence-corrected chi connectivity index (χ4v) is 4.69. The molecule has 0 radical (unpaired) electrons. The van der Waals surface area contributed by atoms with Gasteiger partial charge >= 0.3 is 0 Å². The van der Waals surface area contributed by atoms with Crippen LogP contribution in [0, 0.1) is 5.92 Å². The summed E-state index contributed by atoms with van der Waals surface area (Å²) in [6.45, 7) is 1.88. The van der Waals surface area contributed by atoms with Crippen LogP contribution in [0.3, 0.4) is 0 Å². The standard InChI is InChI=1S/C11H20N2O3S/c14-11(10-4-5-10)8-13(9-11)17(15,16)12-6-2-1-3-7-12/h10,14H,1-9H2. The summed E-state index contributed by atoms with van der Waals surface area (Å²) in [5.41, 5.74) is -0.719. The zero-order valence-electron chi connectivity index (χ0n) is 10.0. The van der Waals surface area contributed by atoms with Crippen molar-refractivity contribution in [2.75, 3.05) is 26.2 Å². The van der Waals surface area contributed by atoms with E-state index in [0.717, 1.165) is 32.1 Å². The van der Waals surface area contributed by atoms with Gasteiger partial charge in [0.15, 0.2) is 0 Å². The van der Waals surface area contributed by atoms with E-state index in [1.807, 2.05) is 0 Å². The Morgan fingerprint density at radius 3 is 2.12 bits per heavy atom. The fraction of sp³-hybridized carbons (Fsp3) is 1.00. The molecule has 0 spiro atoms. The third-order valence-electron chi connectivity index (χ3n) is 4.21. The van der Waals surface area contributed by atoms with Crippen molar-refractivity contribution in [2.24, 2.45) is 5.92 Å². The first-order valence-corrected chi connectivity index (χ1v) is 7.90. The van der Waals surface area contributed by atoms with Crippen LogP contribution in [-0.2, 0) is 10.2 Å². The summed E-state index contributed by atoms with van der Waals surface area (Å²) in [5.74, 6) is 0.343. The first-order valence-electron chi connectivity index (χ1n) is 6.50. The minimum Gasteiger partial charge on any atom is -0.387 e. The molecule has 0 amide bonds. The Morgan fingerprint density at radius 2 is 1.59 bits per heavy atom. The Labute approximate surface area is 103 Å². The van der Waals surface area contributed by atoms with E-state index in [9.17, 15) is 13.5 Å². The van der Waals surface area contributed by atoms with Gasteiger partial charge in [0.2, 0.25) is 0 Å². The highest BCUT2D eigenvalue weighted by molar-refractivity contribution is 7.86. The minimum atomic E-state index is -3.30. The third-order valence-corrected chi connectivity index (χ3v) is 6.13. The van der Waals surface area contributed by atoms with E-state index in [4.69, 9.17) is 0 Å². The zero-order chi connectivity index (χ0) is 12.1. The van der Waals surface area contributed by atoms with Crippen molar-refractivity contribution in [3.63, 3.8) is 0 Å². The summed E-state index contributed by atoms with van der Waals surface area (Å²) in [5, 5.41) is 10.2. The number of β-amino-alcohol motifs (C(OH)–C–C–N with tert-alkyl or cyclic N) is 1. The van der Waals surface area contributed by atoms with Gasteiger partial charge in [-0.05, 0) is 31.6 Å². The van der Waals surface area contributed by atoms with Gasteiger partial charge in [0.05, 0.1) is 5.60 Å². The molecule has 5 nitrogen and oxygen atoms in total. The summed E-state index contributed by atoms with van der Waals surface area (Å²) < 4.78 is 27.5. The molecule has 0 aromatic carbocycles. The van der Waals surface area contributed by atoms with Crippen LogP contribution >= 0.6 is 0 Å². The number of aliphatic hydroxyl groups is 1. The van der Waals surface area contributed by atoms with Gasteiger partial charge in [-0.25, -0.2) is 0 Å². The lowest BCUT2D eigenvalue weighted by atomic mass is 9.91. The molecule has 3 fully saturated rings. The highest BCUT2D eigenvalue weighted by Gasteiger charge is 2.56. The van der Waals surface area contributed by atoms with Gasteiger partial charge < -0.3 is 5.11 Å². The maximum absolute atomic E-state index is 12.2. The van der Waals surface area contributed by atoms with Crippen molar-refractivity contribution < 1.29 is 13.5 Å². The smallest absolute Gasteiger partial charge is 0.282 e. The average molecular weight is 260 g/mol. The molecule has 3 rings (SSSR count). The lowest BCUT2D eigenvalue weighted by Gasteiger charge is -2.47. The van der Waals surface area contributed by atoms with E-state index >= 15 is 0 Å². The van der Waals surface area contributed by atoms with E-state index in [1.54, 1.807) is 4.31 Å². The Kier molecular flexibility index (Phi) is 2.74. The lowest BCUT2D eigenvalue weighted by Crippen LogP contribution is -2.67. The lowest BCUT2D eigenvalue weighted by molar-refractivity contribution is -0.0786. The molecule has 0 bridgehead atoms. The van der Waals surface area contributed by atoms with Crippen molar-refractivity contribution in [3.8, 4) is 0 Å². The molecule has 0 aromatic heterocycles. The summed E-state index contributed by atoms with van der Waals surface area (Å²) >= 11 is 0. The van der Waals surface area contributed by atoms with Crippen molar-refractivity contribution in [3.05, 3.63) is 0 Å². The highest BCUT2D eigenvalue weighted by Crippen LogP contribution is 2.45. The van der Waals surface area contributed by atoms with Gasteiger partial charge in [-0.15, -0.1) is 0 Å². The summed E-state index contributed by atoms with van der Waals surface area (Å²) in [7, 11) is -3.30. The maximum atomic E-state index is 12.2. The number of rotatable bonds is 3. The van der Waals surface area contributed by atoms with Crippen LogP contribution in [0.25, 0.3) is 0 Å². The van der Waals surface area contributed by atoms with Gasteiger partial charge in [0.25, 0.3) is 10.2 Å². The van der Waals surface area contributed by atoms with Crippen LogP contribution in [0.15, 0.2) is 0 Å². The number of nitrogens with zero attached hydrogens (tertiary/aromatic N) is 2. The summed E-state index contributed by atoms with van der Waals surface area (Å²) in [6.07, 6.45) is 5.14. The molecule has 1 saturated carbocycles. The molecule has 6 heteroatoms. The normalized spacial score (nSPS) is 31.1. The predicted octanol–water partition coefficient (Wildman–Crippen LogP) is 0.174. The largest absolute Gasteiger partial charge is 0.387 e. The molecule has 1 aliphatic carbocycles. The molecule has 2 aliphatic heterocycles. The van der Waals surface area contributed by atoms with E-state index in [0.29, 0.717) is 32.1 Å². The molecule has 98 valence electrons. The van der Waals surface area contributed by atoms with Crippen LogP contribution in [0.1, 0.15) is 32.1 Å². The SMILES string of the molecule is O=S(=O)(N1CCCCC1)N1CC(O)(C2CC2)C1. The monoisotopic (exact) mass is 260 g/mol. The van der Waals surface area contributed by atoms with E-state index in [-0.39, 0.29) is 0 Å². The van der Waals surface area contributed by atoms with E-state index in [1.165, 1.54) is 4.31 Å². The van der Waals surface area contributed by atoms with Crippen LogP contribution in [-0.4, -0.2) is 53.9 Å². The molecule has 2 saturated heterocycles. The first kappa shape index (κ1) is 11.9. The molecule has 17 heavy (non-hydrogen) atoms. The van der Waals surface area contributed by atoms with Gasteiger partial charge in [-0.2, -0.15) is 17.0 Å². The van der Waals surface area contributed by atoms with Gasteiger partial charge in [-0.3, -0.25) is 0 Å². The molecule has 3 aliphatic rings. The minimum absolute atomic E-state index is 0.302.